The molecule has 5 aromatic carbocycles. The zero-order chi connectivity index (χ0) is 22.6. The molecule has 5 rings (SSSR count). The van der Waals surface area contributed by atoms with Crippen molar-refractivity contribution < 1.29 is 9.59 Å². The number of ketones is 2. The van der Waals surface area contributed by atoms with Crippen LogP contribution in [0.2, 0.25) is 0 Å². The predicted octanol–water partition coefficient (Wildman–Crippen LogP) is 7.05. The van der Waals surface area contributed by atoms with E-state index < -0.39 is 0 Å². The Labute approximate surface area is 192 Å². The van der Waals surface area contributed by atoms with Gasteiger partial charge in [0.25, 0.3) is 0 Å². The van der Waals surface area contributed by atoms with Gasteiger partial charge in [0.05, 0.1) is 5.70 Å². The highest BCUT2D eigenvalue weighted by Crippen LogP contribution is 2.21. The third-order valence-electron chi connectivity index (χ3n) is 5.62. The summed E-state index contributed by atoms with van der Waals surface area (Å²) >= 11 is 0. The van der Waals surface area contributed by atoms with Gasteiger partial charge in [0.15, 0.2) is 5.78 Å². The topological polar surface area (TPSA) is 46.2 Å². The third kappa shape index (κ3) is 4.43. The van der Waals surface area contributed by atoms with Crippen LogP contribution in [-0.4, -0.2) is 11.6 Å². The van der Waals surface area contributed by atoms with Crippen LogP contribution in [-0.2, 0) is 0 Å². The summed E-state index contributed by atoms with van der Waals surface area (Å²) in [5, 5.41) is 7.23. The Morgan fingerprint density at radius 2 is 1.06 bits per heavy atom. The predicted molar refractivity (Wildman–Crippen MR) is 135 cm³/mol. The SMILES string of the molecule is O=C(/C=C(\Nc1ccccc1)C(=O)c1ccc2ccccc2c1)c1ccc2ccccc2c1. The molecule has 1 N–H and O–H groups in total. The molecule has 158 valence electrons. The van der Waals surface area contributed by atoms with Gasteiger partial charge >= 0.3 is 0 Å². The van der Waals surface area contributed by atoms with Crippen LogP contribution in [0.5, 0.6) is 0 Å². The lowest BCUT2D eigenvalue weighted by Gasteiger charge is -2.11. The van der Waals surface area contributed by atoms with Gasteiger partial charge in [-0.05, 0) is 45.8 Å². The second-order valence-electron chi connectivity index (χ2n) is 7.87. The third-order valence-corrected chi connectivity index (χ3v) is 5.62. The molecule has 0 saturated heterocycles. The van der Waals surface area contributed by atoms with Crippen LogP contribution in [0.4, 0.5) is 5.69 Å². The number of hydrogen-bond donors (Lipinski definition) is 1. The van der Waals surface area contributed by atoms with Crippen molar-refractivity contribution in [3.05, 3.63) is 138 Å². The number of Topliss-reactive ketones (excluding diaryl/α,β-unsaturated/α-hetero) is 1. The van der Waals surface area contributed by atoms with Crippen molar-refractivity contribution in [1.29, 1.82) is 0 Å². The summed E-state index contributed by atoms with van der Waals surface area (Å²) in [6.45, 7) is 0. The summed E-state index contributed by atoms with van der Waals surface area (Å²) in [5.41, 5.74) is 2.03. The minimum Gasteiger partial charge on any atom is -0.352 e. The van der Waals surface area contributed by atoms with E-state index in [1.54, 1.807) is 12.1 Å². The average molecular weight is 428 g/mol. The number of allylic oxidation sites excluding steroid dienone is 2. The largest absolute Gasteiger partial charge is 0.352 e. The number of nitrogens with one attached hydrogen (secondary N) is 1. The summed E-state index contributed by atoms with van der Waals surface area (Å²) in [7, 11) is 0. The first-order valence-corrected chi connectivity index (χ1v) is 10.8. The van der Waals surface area contributed by atoms with Crippen LogP contribution in [0, 0.1) is 0 Å². The highest BCUT2D eigenvalue weighted by molar-refractivity contribution is 6.17. The summed E-state index contributed by atoms with van der Waals surface area (Å²) in [5.74, 6) is -0.466. The Hall–Kier alpha value is -4.50. The van der Waals surface area contributed by atoms with Crippen molar-refractivity contribution in [2.45, 2.75) is 0 Å². The molecule has 0 heterocycles. The summed E-state index contributed by atoms with van der Waals surface area (Å²) in [6, 6.07) is 36.3. The molecule has 0 radical (unpaired) electrons. The number of carbonyl (C=O) groups is 2. The molecule has 0 unspecified atom stereocenters. The second kappa shape index (κ2) is 8.93. The molecule has 0 aromatic heterocycles. The summed E-state index contributed by atoms with van der Waals surface area (Å²) in [4.78, 5) is 26.7. The number of rotatable bonds is 6. The van der Waals surface area contributed by atoms with Gasteiger partial charge in [-0.1, -0.05) is 91.0 Å². The molecular weight excluding hydrogens is 406 g/mol. The molecular formula is C30H21NO2. The second-order valence-corrected chi connectivity index (χ2v) is 7.87. The summed E-state index contributed by atoms with van der Waals surface area (Å²) in [6.07, 6.45) is 1.40. The first-order chi connectivity index (χ1) is 16.2. The molecule has 0 fully saturated rings. The number of benzene rings is 5. The Morgan fingerprint density at radius 3 is 1.70 bits per heavy atom. The van der Waals surface area contributed by atoms with Crippen LogP contribution < -0.4 is 5.32 Å². The van der Waals surface area contributed by atoms with E-state index in [0.29, 0.717) is 11.1 Å². The minimum absolute atomic E-state index is 0.228. The number of hydrogen-bond acceptors (Lipinski definition) is 3. The van der Waals surface area contributed by atoms with E-state index in [4.69, 9.17) is 0 Å². The lowest BCUT2D eigenvalue weighted by molar-refractivity contribution is 0.101. The van der Waals surface area contributed by atoms with Crippen molar-refractivity contribution in [1.82, 2.24) is 0 Å². The summed E-state index contributed by atoms with van der Waals surface area (Å²) < 4.78 is 0. The highest BCUT2D eigenvalue weighted by Gasteiger charge is 2.16. The van der Waals surface area contributed by atoms with Gasteiger partial charge in [0.1, 0.15) is 0 Å². The van der Waals surface area contributed by atoms with Gasteiger partial charge in [-0.15, -0.1) is 0 Å². The number of carbonyl (C=O) groups excluding carboxylic acids is 2. The number of anilines is 1. The normalized spacial score (nSPS) is 11.5. The quantitative estimate of drug-likeness (QED) is 0.233. The maximum atomic E-state index is 13.5. The van der Waals surface area contributed by atoms with Crippen LogP contribution >= 0.6 is 0 Å². The van der Waals surface area contributed by atoms with Crippen molar-refractivity contribution in [3.63, 3.8) is 0 Å². The minimum atomic E-state index is -0.237. The fourth-order valence-corrected chi connectivity index (χ4v) is 3.88. The Bertz CT molecular complexity index is 1520. The molecule has 0 aliphatic rings. The van der Waals surface area contributed by atoms with Crippen LogP contribution in [0.15, 0.2) is 127 Å². The first-order valence-electron chi connectivity index (χ1n) is 10.8. The lowest BCUT2D eigenvalue weighted by Crippen LogP contribution is -2.14. The Balaban J connectivity index is 1.54. The Kier molecular flexibility index (Phi) is 5.52. The number of fused-ring (bicyclic) bond motifs is 2. The molecule has 0 saturated carbocycles. The molecule has 0 spiro atoms. The molecule has 33 heavy (non-hydrogen) atoms. The van der Waals surface area contributed by atoms with Crippen molar-refractivity contribution in [2.75, 3.05) is 5.32 Å². The van der Waals surface area contributed by atoms with E-state index in [0.717, 1.165) is 27.2 Å². The van der Waals surface area contributed by atoms with Gasteiger partial charge in [0, 0.05) is 22.9 Å². The molecule has 0 amide bonds. The van der Waals surface area contributed by atoms with E-state index in [9.17, 15) is 9.59 Å². The van der Waals surface area contributed by atoms with Crippen molar-refractivity contribution in [3.8, 4) is 0 Å². The van der Waals surface area contributed by atoms with E-state index in [1.807, 2.05) is 103 Å². The maximum Gasteiger partial charge on any atom is 0.209 e. The van der Waals surface area contributed by atoms with Crippen LogP contribution in [0.3, 0.4) is 0 Å². The van der Waals surface area contributed by atoms with Gasteiger partial charge in [-0.25, -0.2) is 0 Å². The molecule has 0 aliphatic carbocycles. The average Bonchev–Trinajstić information content (AvgIpc) is 2.88. The fraction of sp³-hybridized carbons (Fsp3) is 0. The fourth-order valence-electron chi connectivity index (χ4n) is 3.88. The molecule has 3 heteroatoms. The molecule has 5 aromatic rings. The highest BCUT2D eigenvalue weighted by atomic mass is 16.1. The molecule has 0 bridgehead atoms. The first kappa shape index (κ1) is 20.4. The smallest absolute Gasteiger partial charge is 0.209 e. The lowest BCUT2D eigenvalue weighted by atomic mass is 10.00. The monoisotopic (exact) mass is 427 g/mol. The van der Waals surface area contributed by atoms with E-state index in [2.05, 4.69) is 5.32 Å². The van der Waals surface area contributed by atoms with Gasteiger partial charge in [-0.2, -0.15) is 0 Å². The van der Waals surface area contributed by atoms with Gasteiger partial charge in [-0.3, -0.25) is 9.59 Å². The van der Waals surface area contributed by atoms with Crippen molar-refractivity contribution in [2.24, 2.45) is 0 Å². The van der Waals surface area contributed by atoms with E-state index in [1.165, 1.54) is 6.08 Å². The molecule has 0 aliphatic heterocycles. The zero-order valence-corrected chi connectivity index (χ0v) is 17.9. The Morgan fingerprint density at radius 1 is 0.545 bits per heavy atom. The maximum absolute atomic E-state index is 13.5. The van der Waals surface area contributed by atoms with Gasteiger partial charge < -0.3 is 5.32 Å². The molecule has 0 atom stereocenters. The van der Waals surface area contributed by atoms with E-state index in [-0.39, 0.29) is 17.3 Å². The molecule has 3 nitrogen and oxygen atoms in total. The van der Waals surface area contributed by atoms with Crippen LogP contribution in [0.1, 0.15) is 20.7 Å². The standard InChI is InChI=1S/C30H21NO2/c32-29(25-16-14-21-8-4-6-10-23(21)18-25)20-28(31-27-12-2-1-3-13-27)30(33)26-17-15-22-9-5-7-11-24(22)19-26/h1-20,31H/b28-20-. The van der Waals surface area contributed by atoms with Gasteiger partial charge in [0.2, 0.25) is 5.78 Å². The van der Waals surface area contributed by atoms with Crippen LogP contribution in [0.25, 0.3) is 21.5 Å². The van der Waals surface area contributed by atoms with E-state index >= 15 is 0 Å². The zero-order valence-electron chi connectivity index (χ0n) is 17.9. The number of para-hydroxylation sites is 1. The van der Waals surface area contributed by atoms with Crippen molar-refractivity contribution >= 4 is 38.8 Å².